The maximum absolute atomic E-state index is 14.0. The first-order chi connectivity index (χ1) is 14.3. The summed E-state index contributed by atoms with van der Waals surface area (Å²) in [6.45, 7) is 11.5. The fourth-order valence-electron chi connectivity index (χ4n) is 4.22. The summed E-state index contributed by atoms with van der Waals surface area (Å²) in [5.41, 5.74) is 5.02. The van der Waals surface area contributed by atoms with E-state index in [2.05, 4.69) is 0 Å². The smallest absolute Gasteiger partial charge is 0.175 e. The minimum atomic E-state index is -1.01. The van der Waals surface area contributed by atoms with Crippen molar-refractivity contribution in [2.75, 3.05) is 0 Å². The lowest BCUT2D eigenvalue weighted by molar-refractivity contribution is 0.0778. The molecule has 3 nitrogen and oxygen atoms in total. The monoisotopic (exact) mass is 424 g/mol. The predicted octanol–water partition coefficient (Wildman–Crippen LogP) is 6.69. The minimum Gasteiger partial charge on any atom is -0.293 e. The molecule has 0 saturated heterocycles. The summed E-state index contributed by atoms with van der Waals surface area (Å²) in [4.78, 5) is 27.9. The van der Waals surface area contributed by atoms with Gasteiger partial charge in [-0.05, 0) is 61.8 Å². The Morgan fingerprint density at radius 3 is 1.27 bits per heavy atom. The largest absolute Gasteiger partial charge is 0.293 e. The van der Waals surface area contributed by atoms with E-state index in [9.17, 15) is 14.2 Å². The Labute approximate surface area is 182 Å². The highest BCUT2D eigenvalue weighted by atomic mass is 31.1. The second-order valence-corrected chi connectivity index (χ2v) is 9.56. The van der Waals surface area contributed by atoms with Crippen LogP contribution >= 0.6 is 8.46 Å². The van der Waals surface area contributed by atoms with E-state index in [0.29, 0.717) is 36.8 Å². The Morgan fingerprint density at radius 2 is 1.03 bits per heavy atom. The van der Waals surface area contributed by atoms with Gasteiger partial charge in [0.25, 0.3) is 0 Å². The molecule has 0 aliphatic heterocycles. The van der Waals surface area contributed by atoms with Crippen LogP contribution in [0.2, 0.25) is 0 Å². The summed E-state index contributed by atoms with van der Waals surface area (Å²) in [6.07, 6.45) is 2.82. The lowest BCUT2D eigenvalue weighted by Crippen LogP contribution is -2.40. The molecule has 0 saturated carbocycles. The number of carbonyl (C=O) groups is 2. The molecule has 0 aliphatic carbocycles. The van der Waals surface area contributed by atoms with Crippen LogP contribution in [0.3, 0.4) is 0 Å². The summed E-state index contributed by atoms with van der Waals surface area (Å²) in [5, 5.41) is -1.01. The Balaban J connectivity index is 2.76. The van der Waals surface area contributed by atoms with Crippen molar-refractivity contribution in [3.8, 4) is 0 Å². The summed E-state index contributed by atoms with van der Waals surface area (Å²) in [6, 6.07) is 11.7. The first-order valence-electron chi connectivity index (χ1n) is 10.9. The van der Waals surface area contributed by atoms with E-state index in [4.69, 9.17) is 0 Å². The SMILES string of the molecule is CCc1cccc(CC)c1C(=O)C(C(=O)c1c(CC)cccc1CC)C(C)(C)P=O. The lowest BCUT2D eigenvalue weighted by atomic mass is 9.76. The minimum absolute atomic E-state index is 0.209. The fourth-order valence-corrected chi connectivity index (χ4v) is 4.56. The van der Waals surface area contributed by atoms with Crippen molar-refractivity contribution in [1.82, 2.24) is 0 Å². The molecule has 0 N–H and O–H groups in total. The molecule has 0 spiro atoms. The molecule has 0 bridgehead atoms. The number of hydrogen-bond acceptors (Lipinski definition) is 3. The van der Waals surface area contributed by atoms with E-state index >= 15 is 0 Å². The summed E-state index contributed by atoms with van der Waals surface area (Å²) in [7, 11) is -0.209. The van der Waals surface area contributed by atoms with Gasteiger partial charge >= 0.3 is 0 Å². The van der Waals surface area contributed by atoms with Crippen molar-refractivity contribution >= 4 is 20.0 Å². The highest BCUT2D eigenvalue weighted by Crippen LogP contribution is 2.38. The van der Waals surface area contributed by atoms with E-state index in [1.807, 2.05) is 64.1 Å². The number of aryl methyl sites for hydroxylation is 4. The molecule has 0 heterocycles. The molecule has 0 unspecified atom stereocenters. The Morgan fingerprint density at radius 1 is 0.733 bits per heavy atom. The number of Topliss-reactive ketones (excluding diaryl/α,β-unsaturated/α-hetero) is 2. The summed E-state index contributed by atoms with van der Waals surface area (Å²) >= 11 is 0. The maximum atomic E-state index is 14.0. The lowest BCUT2D eigenvalue weighted by Gasteiger charge is -2.29. The first kappa shape index (κ1) is 24.2. The molecule has 160 valence electrons. The van der Waals surface area contributed by atoms with Gasteiger partial charge < -0.3 is 0 Å². The molecule has 0 fully saturated rings. The molecule has 0 amide bonds. The molecule has 2 rings (SSSR count). The number of ketones is 2. The number of hydrogen-bond donors (Lipinski definition) is 0. The highest BCUT2D eigenvalue weighted by molar-refractivity contribution is 7.26. The zero-order valence-corrected chi connectivity index (χ0v) is 19.9. The molecule has 2 aromatic carbocycles. The molecule has 0 aromatic heterocycles. The molecule has 0 aliphatic rings. The Bertz CT molecular complexity index is 831. The second kappa shape index (κ2) is 10.3. The van der Waals surface area contributed by atoms with Crippen LogP contribution in [0.1, 0.15) is 84.5 Å². The van der Waals surface area contributed by atoms with Crippen molar-refractivity contribution < 1.29 is 14.2 Å². The molecular formula is C26H33O3P. The van der Waals surface area contributed by atoms with Gasteiger partial charge in [0, 0.05) is 11.1 Å². The van der Waals surface area contributed by atoms with Crippen molar-refractivity contribution in [3.05, 3.63) is 69.8 Å². The van der Waals surface area contributed by atoms with Gasteiger partial charge in [-0.25, -0.2) is 0 Å². The predicted molar refractivity (Wildman–Crippen MR) is 124 cm³/mol. The molecular weight excluding hydrogens is 391 g/mol. The van der Waals surface area contributed by atoms with Crippen LogP contribution in [0, 0.1) is 5.92 Å². The third-order valence-corrected chi connectivity index (χ3v) is 6.69. The first-order valence-corrected chi connectivity index (χ1v) is 11.7. The highest BCUT2D eigenvalue weighted by Gasteiger charge is 2.44. The fraction of sp³-hybridized carbons (Fsp3) is 0.462. The molecule has 4 heteroatoms. The van der Waals surface area contributed by atoms with Crippen LogP contribution in [-0.4, -0.2) is 16.7 Å². The second-order valence-electron chi connectivity index (χ2n) is 8.22. The standard InChI is InChI=1S/C26H33O3P/c1-7-17-13-11-14-18(8-2)21(17)24(27)23(26(5,6)30-29)25(28)22-19(9-3)15-12-16-20(22)10-4/h11-16,23H,7-10H2,1-6H3. The van der Waals surface area contributed by atoms with E-state index in [1.54, 1.807) is 13.8 Å². The van der Waals surface area contributed by atoms with Crippen molar-refractivity contribution in [3.63, 3.8) is 0 Å². The quantitative estimate of drug-likeness (QED) is 0.243. The van der Waals surface area contributed by atoms with Gasteiger partial charge in [0.2, 0.25) is 0 Å². The average Bonchev–Trinajstić information content (AvgIpc) is 2.77. The van der Waals surface area contributed by atoms with E-state index in [1.165, 1.54) is 0 Å². The normalized spacial score (nSPS) is 11.8. The number of benzene rings is 2. The number of carbonyl (C=O) groups excluding carboxylic acids is 2. The van der Waals surface area contributed by atoms with E-state index in [0.717, 1.165) is 22.3 Å². The van der Waals surface area contributed by atoms with Crippen LogP contribution < -0.4 is 0 Å². The van der Waals surface area contributed by atoms with Gasteiger partial charge in [0.05, 0.1) is 5.16 Å². The molecule has 30 heavy (non-hydrogen) atoms. The summed E-state index contributed by atoms with van der Waals surface area (Å²) < 4.78 is 12.2. The average molecular weight is 425 g/mol. The van der Waals surface area contributed by atoms with Crippen LogP contribution in [0.4, 0.5) is 0 Å². The van der Waals surface area contributed by atoms with Crippen molar-refractivity contribution in [2.45, 2.75) is 72.4 Å². The maximum Gasteiger partial charge on any atom is 0.175 e. The molecule has 2 aromatic rings. The molecule has 0 radical (unpaired) electrons. The van der Waals surface area contributed by atoms with Gasteiger partial charge in [-0.2, -0.15) is 0 Å². The zero-order chi connectivity index (χ0) is 22.5. The van der Waals surface area contributed by atoms with E-state index < -0.39 is 11.1 Å². The van der Waals surface area contributed by atoms with Crippen LogP contribution in [0.25, 0.3) is 0 Å². The third kappa shape index (κ3) is 4.62. The van der Waals surface area contributed by atoms with Gasteiger partial charge in [-0.3, -0.25) is 14.2 Å². The summed E-state index contributed by atoms with van der Waals surface area (Å²) in [5.74, 6) is -1.43. The third-order valence-electron chi connectivity index (χ3n) is 5.96. The van der Waals surface area contributed by atoms with Crippen molar-refractivity contribution in [2.24, 2.45) is 5.92 Å². The van der Waals surface area contributed by atoms with Gasteiger partial charge in [0.1, 0.15) is 5.92 Å². The van der Waals surface area contributed by atoms with Crippen LogP contribution in [0.15, 0.2) is 36.4 Å². The Kier molecular flexibility index (Phi) is 8.26. The van der Waals surface area contributed by atoms with Crippen LogP contribution in [-0.2, 0) is 30.2 Å². The van der Waals surface area contributed by atoms with Gasteiger partial charge in [-0.15, -0.1) is 0 Å². The van der Waals surface area contributed by atoms with Gasteiger partial charge in [-0.1, -0.05) is 64.1 Å². The van der Waals surface area contributed by atoms with Gasteiger partial charge in [0.15, 0.2) is 20.0 Å². The Hall–Kier alpha value is -2.12. The van der Waals surface area contributed by atoms with Crippen LogP contribution in [0.5, 0.6) is 0 Å². The zero-order valence-electron chi connectivity index (χ0n) is 19.0. The van der Waals surface area contributed by atoms with Crippen molar-refractivity contribution in [1.29, 1.82) is 0 Å². The molecule has 0 atom stereocenters. The topological polar surface area (TPSA) is 51.2 Å². The van der Waals surface area contributed by atoms with E-state index in [-0.39, 0.29) is 20.0 Å². The number of rotatable bonds is 10.